The molecule has 2 N–H and O–H groups in total. The highest BCUT2D eigenvalue weighted by Crippen LogP contribution is 2.13. The average Bonchev–Trinajstić information content (AvgIpc) is 2.70. The van der Waals surface area contributed by atoms with E-state index in [4.69, 9.17) is 5.73 Å². The lowest BCUT2D eigenvalue weighted by Gasteiger charge is -2.20. The minimum absolute atomic E-state index is 0.686. The Morgan fingerprint density at radius 1 is 1.19 bits per heavy atom. The van der Waals surface area contributed by atoms with Crippen molar-refractivity contribution in [3.05, 3.63) is 97.5 Å². The zero-order valence-corrected chi connectivity index (χ0v) is 16.6. The Bertz CT molecular complexity index is 681. The van der Waals surface area contributed by atoms with Gasteiger partial charge in [-0.3, -0.25) is 4.99 Å². The van der Waals surface area contributed by atoms with Crippen LogP contribution in [0.5, 0.6) is 0 Å². The number of aliphatic imine (C=N–C) groups is 1. The van der Waals surface area contributed by atoms with Crippen LogP contribution in [0.1, 0.15) is 38.2 Å². The fourth-order valence-electron chi connectivity index (χ4n) is 2.63. The molecule has 0 aliphatic heterocycles. The van der Waals surface area contributed by atoms with Gasteiger partial charge in [-0.15, -0.1) is 6.58 Å². The summed E-state index contributed by atoms with van der Waals surface area (Å²) in [4.78, 5) is 6.75. The van der Waals surface area contributed by atoms with E-state index in [0.29, 0.717) is 6.54 Å². The number of hydrogen-bond donors (Lipinski definition) is 1. The minimum atomic E-state index is 0.686. The van der Waals surface area contributed by atoms with Crippen molar-refractivity contribution in [3.8, 4) is 0 Å². The standard InChI is InChI=1S/C24H33N3/c1-5-7-9-14-21(3)27(6-2)18-13-12-17-24(19-25)22(4)26-20-23-15-10-8-11-16-23/h5-6,8-11,14-16,19H,1-3,7,12-13,17-18,20,25H2,4H3/b14-9-,24-19?,26-22?. The first-order valence-corrected chi connectivity index (χ1v) is 9.44. The first kappa shape index (κ1) is 22.2. The van der Waals surface area contributed by atoms with Crippen molar-refractivity contribution < 1.29 is 0 Å². The average molecular weight is 364 g/mol. The molecule has 0 unspecified atom stereocenters. The molecule has 3 heteroatoms. The van der Waals surface area contributed by atoms with Crippen LogP contribution in [-0.4, -0.2) is 17.2 Å². The van der Waals surface area contributed by atoms with Gasteiger partial charge in [-0.25, -0.2) is 0 Å². The van der Waals surface area contributed by atoms with Gasteiger partial charge in [0.2, 0.25) is 0 Å². The van der Waals surface area contributed by atoms with Gasteiger partial charge in [-0.1, -0.05) is 55.6 Å². The van der Waals surface area contributed by atoms with Gasteiger partial charge in [-0.2, -0.15) is 0 Å². The molecule has 1 aromatic carbocycles. The number of nitrogens with two attached hydrogens (primary N) is 1. The molecule has 0 heterocycles. The lowest BCUT2D eigenvalue weighted by molar-refractivity contribution is 0.458. The zero-order chi connectivity index (χ0) is 19.9. The molecular formula is C24H33N3. The number of allylic oxidation sites excluding steroid dienone is 4. The van der Waals surface area contributed by atoms with Crippen molar-refractivity contribution in [2.75, 3.05) is 6.54 Å². The van der Waals surface area contributed by atoms with Gasteiger partial charge in [-0.05, 0) is 62.2 Å². The van der Waals surface area contributed by atoms with Crippen LogP contribution >= 0.6 is 0 Å². The molecular weight excluding hydrogens is 330 g/mol. The molecule has 0 bridgehead atoms. The Kier molecular flexibility index (Phi) is 11.0. The van der Waals surface area contributed by atoms with Crippen LogP contribution in [-0.2, 0) is 6.54 Å². The van der Waals surface area contributed by atoms with Crippen LogP contribution in [0.2, 0.25) is 0 Å². The summed E-state index contributed by atoms with van der Waals surface area (Å²) in [7, 11) is 0. The maximum atomic E-state index is 5.83. The SMILES string of the molecule is C=CC/C=C\C(=C)N(C=C)CCCCC(=CN)C(C)=NCc1ccccc1. The molecule has 0 aromatic heterocycles. The molecule has 27 heavy (non-hydrogen) atoms. The molecule has 0 spiro atoms. The Balaban J connectivity index is 2.44. The molecule has 0 fully saturated rings. The van der Waals surface area contributed by atoms with Crippen molar-refractivity contribution in [3.63, 3.8) is 0 Å². The summed E-state index contributed by atoms with van der Waals surface area (Å²) in [5.74, 6) is 0. The lowest BCUT2D eigenvalue weighted by atomic mass is 10.1. The van der Waals surface area contributed by atoms with Crippen molar-refractivity contribution in [1.29, 1.82) is 0 Å². The highest BCUT2D eigenvalue weighted by atomic mass is 15.1. The third-order valence-corrected chi connectivity index (χ3v) is 4.30. The molecule has 0 aliphatic rings. The Hall–Kier alpha value is -2.81. The summed E-state index contributed by atoms with van der Waals surface area (Å²) in [6, 6.07) is 10.3. The first-order chi connectivity index (χ1) is 13.1. The normalized spacial score (nSPS) is 12.2. The lowest BCUT2D eigenvalue weighted by Crippen LogP contribution is -2.16. The van der Waals surface area contributed by atoms with Crippen LogP contribution in [0.3, 0.4) is 0 Å². The number of unbranched alkanes of at least 4 members (excludes halogenated alkanes) is 1. The molecule has 1 rings (SSSR count). The second kappa shape index (κ2) is 13.4. The van der Waals surface area contributed by atoms with E-state index in [1.54, 1.807) is 6.20 Å². The Morgan fingerprint density at radius 2 is 1.93 bits per heavy atom. The zero-order valence-electron chi connectivity index (χ0n) is 16.6. The van der Waals surface area contributed by atoms with E-state index in [0.717, 1.165) is 49.2 Å². The fourth-order valence-corrected chi connectivity index (χ4v) is 2.63. The van der Waals surface area contributed by atoms with Gasteiger partial charge < -0.3 is 10.6 Å². The summed E-state index contributed by atoms with van der Waals surface area (Å²) in [5.41, 5.74) is 10.1. The quantitative estimate of drug-likeness (QED) is 0.210. The maximum absolute atomic E-state index is 5.83. The van der Waals surface area contributed by atoms with Gasteiger partial charge in [0.05, 0.1) is 6.54 Å². The van der Waals surface area contributed by atoms with E-state index >= 15 is 0 Å². The predicted octanol–water partition coefficient (Wildman–Crippen LogP) is 5.75. The van der Waals surface area contributed by atoms with Crippen LogP contribution in [0.4, 0.5) is 0 Å². The Morgan fingerprint density at radius 3 is 2.56 bits per heavy atom. The predicted molar refractivity (Wildman–Crippen MR) is 119 cm³/mol. The van der Waals surface area contributed by atoms with Gasteiger partial charge in [0.25, 0.3) is 0 Å². The molecule has 0 atom stereocenters. The number of rotatable bonds is 13. The summed E-state index contributed by atoms with van der Waals surface area (Å²) in [6.45, 7) is 15.3. The van der Waals surface area contributed by atoms with E-state index in [9.17, 15) is 0 Å². The van der Waals surface area contributed by atoms with Crippen molar-refractivity contribution in [1.82, 2.24) is 4.90 Å². The number of benzene rings is 1. The van der Waals surface area contributed by atoms with E-state index < -0.39 is 0 Å². The van der Waals surface area contributed by atoms with E-state index in [-0.39, 0.29) is 0 Å². The van der Waals surface area contributed by atoms with Crippen LogP contribution in [0, 0.1) is 0 Å². The monoisotopic (exact) mass is 363 g/mol. The van der Waals surface area contributed by atoms with Gasteiger partial charge >= 0.3 is 0 Å². The molecule has 0 amide bonds. The molecule has 3 nitrogen and oxygen atoms in total. The van der Waals surface area contributed by atoms with Gasteiger partial charge in [0, 0.05) is 18.0 Å². The molecule has 144 valence electrons. The maximum Gasteiger partial charge on any atom is 0.0643 e. The molecule has 0 aliphatic carbocycles. The number of nitrogens with zero attached hydrogens (tertiary/aromatic N) is 2. The molecule has 0 saturated heterocycles. The second-order valence-electron chi connectivity index (χ2n) is 6.33. The first-order valence-electron chi connectivity index (χ1n) is 9.44. The van der Waals surface area contributed by atoms with E-state index in [1.807, 2.05) is 49.6 Å². The summed E-state index contributed by atoms with van der Waals surface area (Å²) in [6.07, 6.45) is 13.3. The third kappa shape index (κ3) is 8.91. The van der Waals surface area contributed by atoms with Crippen LogP contribution < -0.4 is 5.73 Å². The Labute approximate surface area is 165 Å². The minimum Gasteiger partial charge on any atom is -0.404 e. The van der Waals surface area contributed by atoms with E-state index in [1.165, 1.54) is 5.56 Å². The van der Waals surface area contributed by atoms with Crippen molar-refractivity contribution >= 4 is 5.71 Å². The summed E-state index contributed by atoms with van der Waals surface area (Å²) in [5, 5.41) is 0. The van der Waals surface area contributed by atoms with E-state index in [2.05, 4.69) is 41.8 Å². The second-order valence-corrected chi connectivity index (χ2v) is 6.33. The smallest absolute Gasteiger partial charge is 0.0643 e. The number of hydrogen-bond acceptors (Lipinski definition) is 3. The third-order valence-electron chi connectivity index (χ3n) is 4.30. The van der Waals surface area contributed by atoms with Crippen molar-refractivity contribution in [2.45, 2.75) is 39.2 Å². The highest BCUT2D eigenvalue weighted by molar-refractivity contribution is 5.98. The van der Waals surface area contributed by atoms with Gasteiger partial charge in [0.15, 0.2) is 0 Å². The van der Waals surface area contributed by atoms with Crippen LogP contribution in [0.15, 0.2) is 97.0 Å². The molecule has 1 aromatic rings. The topological polar surface area (TPSA) is 41.6 Å². The highest BCUT2D eigenvalue weighted by Gasteiger charge is 2.04. The molecule has 0 radical (unpaired) electrons. The van der Waals surface area contributed by atoms with Gasteiger partial charge in [0.1, 0.15) is 0 Å². The largest absolute Gasteiger partial charge is 0.404 e. The van der Waals surface area contributed by atoms with Crippen molar-refractivity contribution in [2.24, 2.45) is 10.7 Å². The molecule has 0 saturated carbocycles. The van der Waals surface area contributed by atoms with Crippen LogP contribution in [0.25, 0.3) is 0 Å². The fraction of sp³-hybridized carbons (Fsp3) is 0.292. The summed E-state index contributed by atoms with van der Waals surface area (Å²) < 4.78 is 0. The summed E-state index contributed by atoms with van der Waals surface area (Å²) >= 11 is 0.